The lowest BCUT2D eigenvalue weighted by Gasteiger charge is -2.11. The Labute approximate surface area is 158 Å². The molecule has 1 amide bonds. The van der Waals surface area contributed by atoms with E-state index in [9.17, 15) is 9.59 Å². The predicted octanol–water partition coefficient (Wildman–Crippen LogP) is 4.25. The number of amides is 1. The topological polar surface area (TPSA) is 81.2 Å². The molecular weight excluding hydrogens is 377 g/mol. The number of anilines is 1. The molecule has 0 radical (unpaired) electrons. The van der Waals surface area contributed by atoms with E-state index in [1.165, 1.54) is 36.8 Å². The molecule has 8 heteroatoms. The Kier molecular flexibility index (Phi) is 5.46. The first kappa shape index (κ1) is 17.8. The fraction of sp³-hybridized carbons (Fsp3) is 0. The minimum atomic E-state index is -0.749. The lowest BCUT2D eigenvalue weighted by atomic mass is 10.1. The maximum Gasteiger partial charge on any atom is 0.363 e. The van der Waals surface area contributed by atoms with Crippen molar-refractivity contribution in [3.05, 3.63) is 82.4 Å². The first-order chi connectivity index (χ1) is 12.5. The number of carbonyl (C=O) groups excluding carboxylic acids is 2. The quantitative estimate of drug-likeness (QED) is 0.534. The fourth-order valence-corrected chi connectivity index (χ4v) is 2.34. The summed E-state index contributed by atoms with van der Waals surface area (Å²) in [6.07, 6.45) is 4.06. The molecule has 0 fully saturated rings. The van der Waals surface area contributed by atoms with Crippen LogP contribution in [0.25, 0.3) is 0 Å². The number of esters is 1. The molecule has 0 saturated carbocycles. The summed E-state index contributed by atoms with van der Waals surface area (Å²) in [4.78, 5) is 32.4. The predicted molar refractivity (Wildman–Crippen MR) is 97.8 cm³/mol. The first-order valence-corrected chi connectivity index (χ1v) is 8.13. The normalized spacial score (nSPS) is 10.2. The second kappa shape index (κ2) is 7.95. The van der Waals surface area contributed by atoms with Gasteiger partial charge in [0, 0.05) is 34.2 Å². The monoisotopic (exact) mass is 387 g/mol. The van der Waals surface area contributed by atoms with E-state index in [-0.39, 0.29) is 17.0 Å². The Morgan fingerprint density at radius 2 is 1.69 bits per heavy atom. The van der Waals surface area contributed by atoms with Crippen LogP contribution in [0.3, 0.4) is 0 Å². The summed E-state index contributed by atoms with van der Waals surface area (Å²) >= 11 is 11.8. The van der Waals surface area contributed by atoms with Crippen LogP contribution in [-0.4, -0.2) is 21.8 Å². The van der Waals surface area contributed by atoms with Crippen molar-refractivity contribution < 1.29 is 14.3 Å². The Morgan fingerprint density at radius 3 is 2.38 bits per heavy atom. The van der Waals surface area contributed by atoms with Gasteiger partial charge in [-0.15, -0.1) is 0 Å². The van der Waals surface area contributed by atoms with E-state index in [0.29, 0.717) is 15.7 Å². The molecular formula is C18H11Cl2N3O3. The van der Waals surface area contributed by atoms with E-state index in [0.717, 1.165) is 0 Å². The van der Waals surface area contributed by atoms with Crippen molar-refractivity contribution in [1.82, 2.24) is 9.97 Å². The third-order valence-electron chi connectivity index (χ3n) is 3.27. The highest BCUT2D eigenvalue weighted by atomic mass is 35.5. The van der Waals surface area contributed by atoms with Gasteiger partial charge in [-0.05, 0) is 36.4 Å². The van der Waals surface area contributed by atoms with Gasteiger partial charge >= 0.3 is 5.97 Å². The molecule has 3 aromatic rings. The van der Waals surface area contributed by atoms with Gasteiger partial charge in [-0.3, -0.25) is 9.78 Å². The molecule has 0 spiro atoms. The van der Waals surface area contributed by atoms with Crippen molar-refractivity contribution >= 4 is 40.8 Å². The van der Waals surface area contributed by atoms with E-state index >= 15 is 0 Å². The van der Waals surface area contributed by atoms with Crippen LogP contribution in [0.5, 0.6) is 5.75 Å². The van der Waals surface area contributed by atoms with Crippen molar-refractivity contribution in [2.24, 2.45) is 0 Å². The van der Waals surface area contributed by atoms with Crippen LogP contribution in [0, 0.1) is 0 Å². The number of carbonyl (C=O) groups is 2. The molecule has 0 aliphatic rings. The maximum atomic E-state index is 12.5. The molecule has 130 valence electrons. The Bertz CT molecular complexity index is 948. The number of hydrogen-bond acceptors (Lipinski definition) is 5. The van der Waals surface area contributed by atoms with E-state index in [2.05, 4.69) is 15.3 Å². The van der Waals surface area contributed by atoms with E-state index < -0.39 is 11.9 Å². The number of nitrogens with one attached hydrogen (secondary N) is 1. The highest BCUT2D eigenvalue weighted by molar-refractivity contribution is 6.31. The second-order valence-corrected chi connectivity index (χ2v) is 5.95. The summed E-state index contributed by atoms with van der Waals surface area (Å²) < 4.78 is 5.28. The summed E-state index contributed by atoms with van der Waals surface area (Å²) in [5.41, 5.74) is 0.693. The van der Waals surface area contributed by atoms with Gasteiger partial charge < -0.3 is 10.1 Å². The molecule has 0 atom stereocenters. The maximum absolute atomic E-state index is 12.5. The van der Waals surface area contributed by atoms with Crippen LogP contribution >= 0.6 is 23.2 Å². The van der Waals surface area contributed by atoms with Crippen molar-refractivity contribution in [1.29, 1.82) is 0 Å². The summed E-state index contributed by atoms with van der Waals surface area (Å²) in [7, 11) is 0. The summed E-state index contributed by atoms with van der Waals surface area (Å²) in [5, 5.41) is 3.56. The molecule has 2 aromatic carbocycles. The number of benzene rings is 2. The molecule has 1 N–H and O–H groups in total. The van der Waals surface area contributed by atoms with Crippen molar-refractivity contribution in [3.8, 4) is 5.75 Å². The average molecular weight is 388 g/mol. The Balaban J connectivity index is 1.84. The summed E-state index contributed by atoms with van der Waals surface area (Å²) in [6, 6.07) is 11.0. The summed E-state index contributed by atoms with van der Waals surface area (Å²) in [5.74, 6) is -1.20. The molecule has 1 aromatic heterocycles. The van der Waals surface area contributed by atoms with Crippen LogP contribution in [-0.2, 0) is 0 Å². The molecule has 3 rings (SSSR count). The van der Waals surface area contributed by atoms with Gasteiger partial charge in [0.2, 0.25) is 0 Å². The fourth-order valence-electron chi connectivity index (χ4n) is 2.06. The number of hydrogen-bond donors (Lipinski definition) is 1. The second-order valence-electron chi connectivity index (χ2n) is 5.08. The van der Waals surface area contributed by atoms with Gasteiger partial charge in [-0.2, -0.15) is 0 Å². The van der Waals surface area contributed by atoms with Crippen molar-refractivity contribution in [2.45, 2.75) is 0 Å². The molecule has 0 unspecified atom stereocenters. The van der Waals surface area contributed by atoms with Gasteiger partial charge in [-0.1, -0.05) is 23.2 Å². The molecule has 0 saturated heterocycles. The van der Waals surface area contributed by atoms with Crippen LogP contribution in [0.15, 0.2) is 61.1 Å². The number of aromatic nitrogens is 2. The highest BCUT2D eigenvalue weighted by Gasteiger charge is 2.18. The largest absolute Gasteiger partial charge is 0.421 e. The molecule has 0 aliphatic heterocycles. The lowest BCUT2D eigenvalue weighted by molar-refractivity contribution is 0.0726. The zero-order valence-corrected chi connectivity index (χ0v) is 14.7. The molecule has 0 bridgehead atoms. The van der Waals surface area contributed by atoms with Crippen molar-refractivity contribution in [2.75, 3.05) is 5.32 Å². The highest BCUT2D eigenvalue weighted by Crippen LogP contribution is 2.25. The number of halogens is 2. The Morgan fingerprint density at radius 1 is 0.962 bits per heavy atom. The van der Waals surface area contributed by atoms with Crippen LogP contribution in [0.1, 0.15) is 20.8 Å². The Hall–Kier alpha value is -2.96. The van der Waals surface area contributed by atoms with Crippen LogP contribution in [0.2, 0.25) is 10.0 Å². The van der Waals surface area contributed by atoms with Crippen LogP contribution in [0.4, 0.5) is 5.69 Å². The van der Waals surface area contributed by atoms with Gasteiger partial charge in [0.05, 0.1) is 11.8 Å². The molecule has 6 nitrogen and oxygen atoms in total. The zero-order chi connectivity index (χ0) is 18.5. The molecule has 26 heavy (non-hydrogen) atoms. The zero-order valence-electron chi connectivity index (χ0n) is 13.1. The number of nitrogens with zero attached hydrogens (tertiary/aromatic N) is 2. The standard InChI is InChI=1S/C18H11Cl2N3O3/c19-11-1-4-13(5-2-11)23-17(24)14-6-3-12(20)9-16(14)26-18(25)15-10-21-7-8-22-15/h1-10H,(H,23,24). The van der Waals surface area contributed by atoms with Gasteiger partial charge in [0.1, 0.15) is 5.75 Å². The van der Waals surface area contributed by atoms with Crippen molar-refractivity contribution in [3.63, 3.8) is 0 Å². The van der Waals surface area contributed by atoms with Gasteiger partial charge in [0.25, 0.3) is 5.91 Å². The van der Waals surface area contributed by atoms with Crippen LogP contribution < -0.4 is 10.1 Å². The van der Waals surface area contributed by atoms with Gasteiger partial charge in [-0.25, -0.2) is 9.78 Å². The minimum absolute atomic E-state index is 0.0107. The van der Waals surface area contributed by atoms with E-state index in [4.69, 9.17) is 27.9 Å². The molecule has 1 heterocycles. The average Bonchev–Trinajstić information content (AvgIpc) is 2.64. The number of rotatable bonds is 4. The number of ether oxygens (including phenoxy) is 1. The van der Waals surface area contributed by atoms with E-state index in [1.807, 2.05) is 0 Å². The van der Waals surface area contributed by atoms with E-state index in [1.54, 1.807) is 24.3 Å². The molecule has 0 aliphatic carbocycles. The van der Waals surface area contributed by atoms with Gasteiger partial charge in [0.15, 0.2) is 5.69 Å². The lowest BCUT2D eigenvalue weighted by Crippen LogP contribution is -2.17. The minimum Gasteiger partial charge on any atom is -0.421 e. The third-order valence-corrected chi connectivity index (χ3v) is 3.75. The SMILES string of the molecule is O=C(Oc1cc(Cl)ccc1C(=O)Nc1ccc(Cl)cc1)c1cnccn1. The third kappa shape index (κ3) is 4.36. The first-order valence-electron chi connectivity index (χ1n) is 7.37. The summed E-state index contributed by atoms with van der Waals surface area (Å²) in [6.45, 7) is 0. The smallest absolute Gasteiger partial charge is 0.363 e.